The van der Waals surface area contributed by atoms with Gasteiger partial charge in [0.1, 0.15) is 6.26 Å². The maximum atomic E-state index is 12.4. The maximum absolute atomic E-state index is 12.4. The Morgan fingerprint density at radius 1 is 1.39 bits per heavy atom. The van der Waals surface area contributed by atoms with Crippen molar-refractivity contribution in [3.05, 3.63) is 18.0 Å². The van der Waals surface area contributed by atoms with E-state index in [9.17, 15) is 4.79 Å². The van der Waals surface area contributed by atoms with Crippen LogP contribution in [0.25, 0.3) is 0 Å². The third kappa shape index (κ3) is 4.64. The lowest BCUT2D eigenvalue weighted by Crippen LogP contribution is -2.53. The number of hydrogen-bond donors (Lipinski definition) is 1. The van der Waals surface area contributed by atoms with E-state index in [0.717, 1.165) is 56.5 Å². The second kappa shape index (κ2) is 8.06. The van der Waals surface area contributed by atoms with Crippen LogP contribution in [0.4, 0.5) is 4.79 Å². The first kappa shape index (κ1) is 16.6. The summed E-state index contributed by atoms with van der Waals surface area (Å²) in [5.74, 6) is 1.17. The summed E-state index contributed by atoms with van der Waals surface area (Å²) in [6.45, 7) is 6.34. The average Bonchev–Trinajstić information content (AvgIpc) is 3.21. The molecule has 3 rings (SSSR count). The standard InChI is InChI=1S/C16H26N4O2S/c1-2-23-15-4-3-13(11-15)17-16(21)20-8-6-19(7-9-20)12-14-5-10-22-18-14/h5,10,13,15H,2-4,6-9,11-12H2,1H3,(H,17,21)/t13-,15-/m1/s1. The smallest absolute Gasteiger partial charge is 0.317 e. The number of aromatic nitrogens is 1. The van der Waals surface area contributed by atoms with Gasteiger partial charge in [-0.15, -0.1) is 0 Å². The molecular weight excluding hydrogens is 312 g/mol. The number of hydrogen-bond acceptors (Lipinski definition) is 5. The van der Waals surface area contributed by atoms with Crippen molar-refractivity contribution in [2.45, 2.75) is 44.0 Å². The molecule has 6 nitrogen and oxygen atoms in total. The lowest BCUT2D eigenvalue weighted by Gasteiger charge is -2.34. The Balaban J connectivity index is 1.38. The molecule has 1 aromatic heterocycles. The fourth-order valence-electron chi connectivity index (χ4n) is 3.38. The molecule has 1 aromatic rings. The molecule has 0 spiro atoms. The Labute approximate surface area is 141 Å². The summed E-state index contributed by atoms with van der Waals surface area (Å²) in [5.41, 5.74) is 0.952. The SMILES string of the molecule is CCS[C@@H]1CC[C@@H](NC(=O)N2CCN(Cc3ccon3)CC2)C1. The topological polar surface area (TPSA) is 61.6 Å². The van der Waals surface area contributed by atoms with Crippen LogP contribution in [0.3, 0.4) is 0 Å². The molecule has 1 N–H and O–H groups in total. The zero-order valence-electron chi connectivity index (χ0n) is 13.7. The number of carbonyl (C=O) groups excluding carboxylic acids is 1. The van der Waals surface area contributed by atoms with Gasteiger partial charge in [0.2, 0.25) is 0 Å². The van der Waals surface area contributed by atoms with Gasteiger partial charge in [-0.3, -0.25) is 4.90 Å². The van der Waals surface area contributed by atoms with Crippen LogP contribution in [0.1, 0.15) is 31.9 Å². The zero-order chi connectivity index (χ0) is 16.1. The lowest BCUT2D eigenvalue weighted by atomic mass is 10.2. The van der Waals surface area contributed by atoms with Gasteiger partial charge < -0.3 is 14.7 Å². The summed E-state index contributed by atoms with van der Waals surface area (Å²) in [6.07, 6.45) is 5.07. The van der Waals surface area contributed by atoms with Gasteiger partial charge in [0, 0.05) is 50.1 Å². The van der Waals surface area contributed by atoms with E-state index in [1.165, 1.54) is 12.2 Å². The number of carbonyl (C=O) groups is 1. The van der Waals surface area contributed by atoms with Crippen molar-refractivity contribution < 1.29 is 9.32 Å². The predicted molar refractivity (Wildman–Crippen MR) is 91.4 cm³/mol. The van der Waals surface area contributed by atoms with E-state index in [2.05, 4.69) is 22.3 Å². The zero-order valence-corrected chi connectivity index (χ0v) is 14.6. The van der Waals surface area contributed by atoms with Gasteiger partial charge in [-0.05, 0) is 25.0 Å². The van der Waals surface area contributed by atoms with Crippen molar-refractivity contribution in [2.24, 2.45) is 0 Å². The molecule has 1 saturated heterocycles. The first-order valence-corrected chi connectivity index (χ1v) is 9.58. The third-order valence-corrected chi connectivity index (χ3v) is 5.88. The molecule has 23 heavy (non-hydrogen) atoms. The minimum Gasteiger partial charge on any atom is -0.364 e. The Kier molecular flexibility index (Phi) is 5.83. The minimum atomic E-state index is 0.109. The van der Waals surface area contributed by atoms with Gasteiger partial charge in [-0.1, -0.05) is 12.1 Å². The molecule has 0 aromatic carbocycles. The summed E-state index contributed by atoms with van der Waals surface area (Å²) in [7, 11) is 0. The second-order valence-electron chi connectivity index (χ2n) is 6.29. The Bertz CT molecular complexity index is 488. The van der Waals surface area contributed by atoms with Gasteiger partial charge in [-0.2, -0.15) is 11.8 Å². The van der Waals surface area contributed by atoms with Crippen molar-refractivity contribution in [3.8, 4) is 0 Å². The van der Waals surface area contributed by atoms with Gasteiger partial charge in [0.05, 0.1) is 5.69 Å². The quantitative estimate of drug-likeness (QED) is 0.891. The third-order valence-electron chi connectivity index (χ3n) is 4.65. The van der Waals surface area contributed by atoms with E-state index < -0.39 is 0 Å². The van der Waals surface area contributed by atoms with Crippen LogP contribution in [0.2, 0.25) is 0 Å². The number of piperazine rings is 1. The molecule has 128 valence electrons. The highest BCUT2D eigenvalue weighted by molar-refractivity contribution is 7.99. The fourth-order valence-corrected chi connectivity index (χ4v) is 4.52. The van der Waals surface area contributed by atoms with Gasteiger partial charge in [0.15, 0.2) is 0 Å². The predicted octanol–water partition coefficient (Wildman–Crippen LogP) is 2.18. The summed E-state index contributed by atoms with van der Waals surface area (Å²) < 4.78 is 4.86. The molecule has 0 unspecified atom stereocenters. The van der Waals surface area contributed by atoms with E-state index >= 15 is 0 Å². The molecule has 0 radical (unpaired) electrons. The largest absolute Gasteiger partial charge is 0.364 e. The van der Waals surface area contributed by atoms with Crippen LogP contribution in [-0.4, -0.2) is 64.2 Å². The summed E-state index contributed by atoms with van der Waals surface area (Å²) >= 11 is 2.02. The molecule has 1 aliphatic heterocycles. The molecule has 2 atom stereocenters. The fraction of sp³-hybridized carbons (Fsp3) is 0.750. The monoisotopic (exact) mass is 338 g/mol. The molecule has 1 saturated carbocycles. The first-order chi connectivity index (χ1) is 11.2. The molecule has 2 aliphatic rings. The van der Waals surface area contributed by atoms with E-state index in [1.807, 2.05) is 22.7 Å². The highest BCUT2D eigenvalue weighted by atomic mass is 32.2. The van der Waals surface area contributed by atoms with Crippen molar-refractivity contribution in [3.63, 3.8) is 0 Å². The normalized spacial score (nSPS) is 25.7. The number of nitrogens with zero attached hydrogens (tertiary/aromatic N) is 3. The van der Waals surface area contributed by atoms with Crippen LogP contribution in [0, 0.1) is 0 Å². The average molecular weight is 338 g/mol. The van der Waals surface area contributed by atoms with Crippen LogP contribution in [-0.2, 0) is 6.54 Å². The van der Waals surface area contributed by atoms with E-state index in [0.29, 0.717) is 6.04 Å². The molecule has 0 bridgehead atoms. The van der Waals surface area contributed by atoms with Crippen LogP contribution < -0.4 is 5.32 Å². The van der Waals surface area contributed by atoms with E-state index in [-0.39, 0.29) is 6.03 Å². The summed E-state index contributed by atoms with van der Waals surface area (Å²) in [4.78, 5) is 16.7. The van der Waals surface area contributed by atoms with E-state index in [1.54, 1.807) is 6.26 Å². The lowest BCUT2D eigenvalue weighted by molar-refractivity contribution is 0.131. The maximum Gasteiger partial charge on any atom is 0.317 e. The summed E-state index contributed by atoms with van der Waals surface area (Å²) in [5, 5.41) is 7.90. The number of amides is 2. The van der Waals surface area contributed by atoms with Gasteiger partial charge in [-0.25, -0.2) is 4.79 Å². The summed E-state index contributed by atoms with van der Waals surface area (Å²) in [6, 6.07) is 2.36. The van der Waals surface area contributed by atoms with Crippen LogP contribution >= 0.6 is 11.8 Å². The van der Waals surface area contributed by atoms with Gasteiger partial charge >= 0.3 is 6.03 Å². The Morgan fingerprint density at radius 3 is 2.91 bits per heavy atom. The number of rotatable bonds is 5. The Morgan fingerprint density at radius 2 is 2.22 bits per heavy atom. The van der Waals surface area contributed by atoms with Gasteiger partial charge in [0.25, 0.3) is 0 Å². The van der Waals surface area contributed by atoms with Crippen LogP contribution in [0.5, 0.6) is 0 Å². The second-order valence-corrected chi connectivity index (χ2v) is 7.87. The van der Waals surface area contributed by atoms with E-state index in [4.69, 9.17) is 4.52 Å². The van der Waals surface area contributed by atoms with Crippen molar-refractivity contribution in [2.75, 3.05) is 31.9 Å². The van der Waals surface area contributed by atoms with Crippen molar-refractivity contribution in [1.82, 2.24) is 20.3 Å². The minimum absolute atomic E-state index is 0.109. The molecule has 2 amide bonds. The molecule has 2 heterocycles. The van der Waals surface area contributed by atoms with Crippen molar-refractivity contribution in [1.29, 1.82) is 0 Å². The Hall–Kier alpha value is -1.21. The van der Waals surface area contributed by atoms with Crippen LogP contribution in [0.15, 0.2) is 16.9 Å². The number of urea groups is 1. The molecule has 2 fully saturated rings. The first-order valence-electron chi connectivity index (χ1n) is 8.53. The highest BCUT2D eigenvalue weighted by Crippen LogP contribution is 2.29. The van der Waals surface area contributed by atoms with Crippen molar-refractivity contribution >= 4 is 17.8 Å². The molecule has 1 aliphatic carbocycles. The molecule has 7 heteroatoms. The number of nitrogens with one attached hydrogen (secondary N) is 1. The number of thioether (sulfide) groups is 1. The molecular formula is C16H26N4O2S. The highest BCUT2D eigenvalue weighted by Gasteiger charge is 2.28.